The van der Waals surface area contributed by atoms with Crippen molar-refractivity contribution in [3.63, 3.8) is 0 Å². The van der Waals surface area contributed by atoms with Gasteiger partial charge in [-0.25, -0.2) is 9.97 Å². The van der Waals surface area contributed by atoms with Crippen LogP contribution < -0.4 is 10.6 Å². The average Bonchev–Trinajstić information content (AvgIpc) is 3.33. The van der Waals surface area contributed by atoms with E-state index in [2.05, 4.69) is 76.4 Å². The van der Waals surface area contributed by atoms with Gasteiger partial charge in [-0.3, -0.25) is 9.69 Å². The molecule has 2 aromatic heterocycles. The highest BCUT2D eigenvalue weighted by Gasteiger charge is 2.24. The number of carbonyl (C=O) groups is 1. The number of rotatable bonds is 11. The lowest BCUT2D eigenvalue weighted by Gasteiger charge is -2.33. The van der Waals surface area contributed by atoms with Crippen molar-refractivity contribution in [1.82, 2.24) is 24.8 Å². The summed E-state index contributed by atoms with van der Waals surface area (Å²) in [5, 5.41) is 7.96. The molecule has 1 aromatic carbocycles. The van der Waals surface area contributed by atoms with Gasteiger partial charge in [0.25, 0.3) is 0 Å². The number of amides is 1. The van der Waals surface area contributed by atoms with Crippen molar-refractivity contribution in [2.45, 2.75) is 53.1 Å². The van der Waals surface area contributed by atoms with Gasteiger partial charge in [-0.15, -0.1) is 0 Å². The zero-order valence-electron chi connectivity index (χ0n) is 22.1. The number of likely N-dealkylation sites (tertiary alicyclic amines) is 1. The maximum atomic E-state index is 13.2. The number of para-hydroxylation sites is 1. The predicted molar refractivity (Wildman–Crippen MR) is 147 cm³/mol. The average molecular weight is 492 g/mol. The molecule has 0 bridgehead atoms. The van der Waals surface area contributed by atoms with E-state index in [-0.39, 0.29) is 11.9 Å². The number of carbonyl (C=O) groups excluding carboxylic acids is 1. The van der Waals surface area contributed by atoms with Gasteiger partial charge in [0.2, 0.25) is 5.91 Å². The summed E-state index contributed by atoms with van der Waals surface area (Å²) in [6.07, 6.45) is 5.42. The summed E-state index contributed by atoms with van der Waals surface area (Å²) in [5.74, 6) is 2.18. The molecule has 1 saturated heterocycles. The summed E-state index contributed by atoms with van der Waals surface area (Å²) >= 11 is 0. The number of aromatic amines is 1. The number of nitrogens with one attached hydrogen (secondary N) is 3. The van der Waals surface area contributed by atoms with E-state index in [0.29, 0.717) is 24.9 Å². The normalized spacial score (nSPS) is 16.3. The zero-order chi connectivity index (χ0) is 25.5. The molecule has 0 saturated carbocycles. The largest absolute Gasteiger partial charge is 0.376 e. The molecule has 0 aliphatic carbocycles. The SMILES string of the molecule is CC(C)CN(Cc1ccccc1NCC(=O)N1CCC[C@H](Nc2ncnc3[nH]ccc23)C1)CC(C)C. The minimum absolute atomic E-state index is 0.131. The lowest BCUT2D eigenvalue weighted by molar-refractivity contribution is -0.130. The van der Waals surface area contributed by atoms with E-state index < -0.39 is 0 Å². The summed E-state index contributed by atoms with van der Waals surface area (Å²) in [5.41, 5.74) is 3.11. The second kappa shape index (κ2) is 12.2. The molecule has 8 nitrogen and oxygen atoms in total. The van der Waals surface area contributed by atoms with Crippen LogP contribution in [0.15, 0.2) is 42.9 Å². The first kappa shape index (κ1) is 25.9. The fourth-order valence-electron chi connectivity index (χ4n) is 5.09. The first-order chi connectivity index (χ1) is 17.4. The van der Waals surface area contributed by atoms with Gasteiger partial charge in [0.15, 0.2) is 0 Å². The number of H-pyrrole nitrogens is 1. The van der Waals surface area contributed by atoms with Crippen LogP contribution in [0.5, 0.6) is 0 Å². The lowest BCUT2D eigenvalue weighted by atomic mass is 10.1. The number of anilines is 2. The highest BCUT2D eigenvalue weighted by molar-refractivity contribution is 5.87. The Bertz CT molecular complexity index is 1120. The van der Waals surface area contributed by atoms with Crippen LogP contribution >= 0.6 is 0 Å². The van der Waals surface area contributed by atoms with E-state index in [1.165, 1.54) is 5.56 Å². The van der Waals surface area contributed by atoms with Crippen LogP contribution in [-0.2, 0) is 11.3 Å². The van der Waals surface area contributed by atoms with Crippen LogP contribution in [0.1, 0.15) is 46.1 Å². The third kappa shape index (κ3) is 6.97. The number of benzene rings is 1. The molecule has 3 heterocycles. The molecule has 3 aromatic rings. The highest BCUT2D eigenvalue weighted by Crippen LogP contribution is 2.22. The van der Waals surface area contributed by atoms with E-state index in [1.54, 1.807) is 6.33 Å². The second-order valence-electron chi connectivity index (χ2n) is 10.8. The molecule has 8 heteroatoms. The lowest BCUT2D eigenvalue weighted by Crippen LogP contribution is -2.47. The van der Waals surface area contributed by atoms with E-state index in [9.17, 15) is 4.79 Å². The third-order valence-corrected chi connectivity index (χ3v) is 6.56. The van der Waals surface area contributed by atoms with Crippen molar-refractivity contribution in [1.29, 1.82) is 0 Å². The Hall–Kier alpha value is -3.13. The molecule has 194 valence electrons. The highest BCUT2D eigenvalue weighted by atomic mass is 16.2. The first-order valence-electron chi connectivity index (χ1n) is 13.3. The Morgan fingerprint density at radius 3 is 2.69 bits per heavy atom. The summed E-state index contributed by atoms with van der Waals surface area (Å²) in [4.78, 5) is 29.5. The van der Waals surface area contributed by atoms with Crippen molar-refractivity contribution < 1.29 is 4.79 Å². The molecule has 1 amide bonds. The van der Waals surface area contributed by atoms with Gasteiger partial charge in [0.1, 0.15) is 17.8 Å². The van der Waals surface area contributed by atoms with Gasteiger partial charge in [0.05, 0.1) is 11.9 Å². The molecule has 36 heavy (non-hydrogen) atoms. The Morgan fingerprint density at radius 2 is 1.92 bits per heavy atom. The van der Waals surface area contributed by atoms with Gasteiger partial charge in [0, 0.05) is 50.6 Å². The maximum Gasteiger partial charge on any atom is 0.241 e. The summed E-state index contributed by atoms with van der Waals surface area (Å²) in [7, 11) is 0. The topological polar surface area (TPSA) is 89.2 Å². The molecule has 1 aliphatic heterocycles. The van der Waals surface area contributed by atoms with Crippen LogP contribution in [0.2, 0.25) is 0 Å². The second-order valence-corrected chi connectivity index (χ2v) is 10.8. The van der Waals surface area contributed by atoms with Crippen molar-refractivity contribution >= 4 is 28.4 Å². The zero-order valence-corrected chi connectivity index (χ0v) is 22.1. The molecule has 0 radical (unpaired) electrons. The standard InChI is InChI=1S/C28H41N7O/c1-20(2)15-34(16-21(3)4)17-22-8-5-6-10-25(22)30-14-26(36)35-13-7-9-23(18-35)33-28-24-11-12-29-27(24)31-19-32-28/h5-6,8,10-12,19-21,23,30H,7,9,13-18H2,1-4H3,(H2,29,31,32,33)/t23-/m0/s1. The summed E-state index contributed by atoms with van der Waals surface area (Å²) in [6, 6.07) is 10.5. The van der Waals surface area contributed by atoms with Gasteiger partial charge in [-0.05, 0) is 42.4 Å². The van der Waals surface area contributed by atoms with E-state index in [1.807, 2.05) is 23.2 Å². The molecule has 1 aliphatic rings. The third-order valence-electron chi connectivity index (χ3n) is 6.56. The van der Waals surface area contributed by atoms with Gasteiger partial charge >= 0.3 is 0 Å². The Balaban J connectivity index is 1.34. The van der Waals surface area contributed by atoms with Crippen LogP contribution in [0.4, 0.5) is 11.5 Å². The van der Waals surface area contributed by atoms with Crippen LogP contribution in [0.3, 0.4) is 0 Å². The van der Waals surface area contributed by atoms with Crippen LogP contribution in [0, 0.1) is 11.8 Å². The number of aromatic nitrogens is 3. The number of hydrogen-bond acceptors (Lipinski definition) is 6. The van der Waals surface area contributed by atoms with Crippen LogP contribution in [0.25, 0.3) is 11.0 Å². The molecule has 1 atom stereocenters. The molecule has 0 spiro atoms. The Morgan fingerprint density at radius 1 is 1.14 bits per heavy atom. The van der Waals surface area contributed by atoms with E-state index in [4.69, 9.17) is 0 Å². The number of fused-ring (bicyclic) bond motifs is 1. The molecular formula is C28H41N7O. The maximum absolute atomic E-state index is 13.2. The predicted octanol–water partition coefficient (Wildman–Crippen LogP) is 4.59. The molecule has 3 N–H and O–H groups in total. The number of piperidine rings is 1. The Labute approximate surface area is 214 Å². The Kier molecular flexibility index (Phi) is 8.80. The van der Waals surface area contributed by atoms with Crippen LogP contribution in [-0.4, -0.2) is 69.4 Å². The van der Waals surface area contributed by atoms with Crippen molar-refractivity contribution in [2.24, 2.45) is 11.8 Å². The van der Waals surface area contributed by atoms with Gasteiger partial charge in [-0.1, -0.05) is 45.9 Å². The summed E-state index contributed by atoms with van der Waals surface area (Å²) < 4.78 is 0. The van der Waals surface area contributed by atoms with E-state index >= 15 is 0 Å². The quantitative estimate of drug-likeness (QED) is 0.364. The van der Waals surface area contributed by atoms with Crippen molar-refractivity contribution in [3.05, 3.63) is 48.4 Å². The fraction of sp³-hybridized carbons (Fsp3) is 0.536. The van der Waals surface area contributed by atoms with Gasteiger partial charge in [-0.2, -0.15) is 0 Å². The number of hydrogen-bond donors (Lipinski definition) is 3. The minimum atomic E-state index is 0.131. The van der Waals surface area contributed by atoms with Crippen molar-refractivity contribution in [2.75, 3.05) is 43.4 Å². The van der Waals surface area contributed by atoms with Crippen molar-refractivity contribution in [3.8, 4) is 0 Å². The monoisotopic (exact) mass is 491 g/mol. The summed E-state index contributed by atoms with van der Waals surface area (Å²) in [6.45, 7) is 13.8. The van der Waals surface area contributed by atoms with E-state index in [0.717, 1.165) is 61.6 Å². The van der Waals surface area contributed by atoms with Gasteiger partial charge < -0.3 is 20.5 Å². The minimum Gasteiger partial charge on any atom is -0.376 e. The number of nitrogens with zero attached hydrogens (tertiary/aromatic N) is 4. The molecule has 4 rings (SSSR count). The molecule has 0 unspecified atom stereocenters. The fourth-order valence-corrected chi connectivity index (χ4v) is 5.09. The molecular weight excluding hydrogens is 450 g/mol. The first-order valence-corrected chi connectivity index (χ1v) is 13.3. The molecule has 1 fully saturated rings. The smallest absolute Gasteiger partial charge is 0.241 e.